The maximum absolute atomic E-state index is 5.69. The van der Waals surface area contributed by atoms with Crippen LogP contribution in [0.3, 0.4) is 0 Å². The predicted octanol–water partition coefficient (Wildman–Crippen LogP) is 0.860. The third-order valence-electron chi connectivity index (χ3n) is 2.73. The number of ether oxygens (including phenoxy) is 2. The minimum absolute atomic E-state index is 0.578. The molecule has 1 unspecified atom stereocenters. The Morgan fingerprint density at radius 1 is 1.19 bits per heavy atom. The Kier molecular flexibility index (Phi) is 11.2. The molecule has 4 nitrogen and oxygen atoms in total. The summed E-state index contributed by atoms with van der Waals surface area (Å²) < 4.78 is 10.3. The van der Waals surface area contributed by atoms with Gasteiger partial charge in [0.05, 0.1) is 13.2 Å². The highest BCUT2D eigenvalue weighted by molar-refractivity contribution is 4.66. The van der Waals surface area contributed by atoms with Crippen molar-refractivity contribution < 1.29 is 9.47 Å². The molecule has 0 rings (SSSR count). The maximum atomic E-state index is 5.69. The van der Waals surface area contributed by atoms with Gasteiger partial charge >= 0.3 is 0 Å². The number of methoxy groups -OCH3 is 1. The van der Waals surface area contributed by atoms with E-state index in [0.717, 1.165) is 32.7 Å². The highest BCUT2D eigenvalue weighted by Crippen LogP contribution is 2.06. The Morgan fingerprint density at radius 3 is 2.50 bits per heavy atom. The van der Waals surface area contributed by atoms with E-state index in [9.17, 15) is 0 Å². The second kappa shape index (κ2) is 11.3. The lowest BCUT2D eigenvalue weighted by Crippen LogP contribution is -2.32. The molecule has 0 aromatic heterocycles. The van der Waals surface area contributed by atoms with E-state index in [-0.39, 0.29) is 0 Å². The number of nitrogens with two attached hydrogens (primary N) is 1. The Balaban J connectivity index is 3.19. The van der Waals surface area contributed by atoms with E-state index < -0.39 is 0 Å². The average Bonchev–Trinajstić information content (AvgIpc) is 2.26. The number of rotatable bonds is 11. The fourth-order valence-corrected chi connectivity index (χ4v) is 1.42. The molecule has 0 aliphatic carbocycles. The molecule has 0 saturated carbocycles. The molecular formula is C12H28N2O2. The van der Waals surface area contributed by atoms with Crippen molar-refractivity contribution in [2.45, 2.75) is 20.3 Å². The van der Waals surface area contributed by atoms with Gasteiger partial charge in [-0.05, 0) is 37.9 Å². The number of nitrogens with one attached hydrogen (secondary N) is 1. The third-order valence-corrected chi connectivity index (χ3v) is 2.73. The summed E-state index contributed by atoms with van der Waals surface area (Å²) in [5.41, 5.74) is 5.69. The first-order valence-corrected chi connectivity index (χ1v) is 6.19. The van der Waals surface area contributed by atoms with Crippen LogP contribution in [0.2, 0.25) is 0 Å². The number of hydrogen-bond donors (Lipinski definition) is 2. The van der Waals surface area contributed by atoms with Gasteiger partial charge in [0, 0.05) is 13.7 Å². The van der Waals surface area contributed by atoms with Crippen LogP contribution in [0.25, 0.3) is 0 Å². The smallest absolute Gasteiger partial charge is 0.0700 e. The lowest BCUT2D eigenvalue weighted by Gasteiger charge is -2.19. The summed E-state index contributed by atoms with van der Waals surface area (Å²) in [7, 11) is 1.68. The SMILES string of the molecule is COCCOCCCNCC(CN)C(C)C. The van der Waals surface area contributed by atoms with E-state index in [4.69, 9.17) is 15.2 Å². The monoisotopic (exact) mass is 232 g/mol. The van der Waals surface area contributed by atoms with Crippen LogP contribution in [0.5, 0.6) is 0 Å². The van der Waals surface area contributed by atoms with Crippen molar-refractivity contribution in [1.82, 2.24) is 5.32 Å². The zero-order valence-corrected chi connectivity index (χ0v) is 11.0. The Bertz CT molecular complexity index is 143. The average molecular weight is 232 g/mol. The van der Waals surface area contributed by atoms with Crippen LogP contribution >= 0.6 is 0 Å². The minimum Gasteiger partial charge on any atom is -0.382 e. The standard InChI is InChI=1S/C12H28N2O2/c1-11(2)12(9-13)10-14-5-4-6-16-8-7-15-3/h11-12,14H,4-10,13H2,1-3H3. The van der Waals surface area contributed by atoms with Crippen molar-refractivity contribution in [1.29, 1.82) is 0 Å². The van der Waals surface area contributed by atoms with Crippen LogP contribution in [-0.2, 0) is 9.47 Å². The Labute approximate surface area is 99.9 Å². The van der Waals surface area contributed by atoms with Crippen LogP contribution < -0.4 is 11.1 Å². The van der Waals surface area contributed by atoms with Crippen LogP contribution in [0.4, 0.5) is 0 Å². The first-order valence-electron chi connectivity index (χ1n) is 6.19. The first-order chi connectivity index (χ1) is 7.72. The molecular weight excluding hydrogens is 204 g/mol. The van der Waals surface area contributed by atoms with Gasteiger partial charge in [-0.3, -0.25) is 0 Å². The highest BCUT2D eigenvalue weighted by Gasteiger charge is 2.09. The van der Waals surface area contributed by atoms with Gasteiger partial charge in [0.1, 0.15) is 0 Å². The second-order valence-electron chi connectivity index (χ2n) is 4.40. The van der Waals surface area contributed by atoms with Crippen LogP contribution in [0.1, 0.15) is 20.3 Å². The second-order valence-corrected chi connectivity index (χ2v) is 4.40. The normalized spacial score (nSPS) is 13.3. The molecule has 0 aliphatic heterocycles. The van der Waals surface area contributed by atoms with Crippen LogP contribution in [0, 0.1) is 11.8 Å². The third kappa shape index (κ3) is 9.09. The van der Waals surface area contributed by atoms with Gasteiger partial charge in [0.25, 0.3) is 0 Å². The topological polar surface area (TPSA) is 56.5 Å². The van der Waals surface area contributed by atoms with Gasteiger partial charge in [-0.15, -0.1) is 0 Å². The Morgan fingerprint density at radius 2 is 1.94 bits per heavy atom. The molecule has 0 aromatic rings. The quantitative estimate of drug-likeness (QED) is 0.519. The zero-order chi connectivity index (χ0) is 12.2. The van der Waals surface area contributed by atoms with Crippen molar-refractivity contribution in [3.05, 3.63) is 0 Å². The molecule has 98 valence electrons. The summed E-state index contributed by atoms with van der Waals surface area (Å²) in [5.74, 6) is 1.23. The molecule has 0 aromatic carbocycles. The molecule has 3 N–H and O–H groups in total. The van der Waals surface area contributed by atoms with Crippen LogP contribution in [-0.4, -0.2) is 46.6 Å². The fourth-order valence-electron chi connectivity index (χ4n) is 1.42. The van der Waals surface area contributed by atoms with E-state index >= 15 is 0 Å². The van der Waals surface area contributed by atoms with Crippen molar-refractivity contribution in [2.75, 3.05) is 46.6 Å². The lowest BCUT2D eigenvalue weighted by atomic mass is 9.96. The number of hydrogen-bond acceptors (Lipinski definition) is 4. The Hall–Kier alpha value is -0.160. The molecule has 0 heterocycles. The largest absolute Gasteiger partial charge is 0.382 e. The van der Waals surface area contributed by atoms with Crippen molar-refractivity contribution in [3.8, 4) is 0 Å². The summed E-state index contributed by atoms with van der Waals surface area (Å²) in [5, 5.41) is 3.42. The molecule has 16 heavy (non-hydrogen) atoms. The van der Waals surface area contributed by atoms with Gasteiger partial charge in [-0.1, -0.05) is 13.8 Å². The van der Waals surface area contributed by atoms with E-state index in [0.29, 0.717) is 25.0 Å². The van der Waals surface area contributed by atoms with Gasteiger partial charge in [-0.2, -0.15) is 0 Å². The molecule has 1 atom stereocenters. The minimum atomic E-state index is 0.578. The zero-order valence-electron chi connectivity index (χ0n) is 11.0. The first kappa shape index (κ1) is 15.8. The summed E-state index contributed by atoms with van der Waals surface area (Å²) in [6, 6.07) is 0. The van der Waals surface area contributed by atoms with Crippen LogP contribution in [0.15, 0.2) is 0 Å². The summed E-state index contributed by atoms with van der Waals surface area (Å²) in [6.07, 6.45) is 1.04. The fraction of sp³-hybridized carbons (Fsp3) is 1.00. The van der Waals surface area contributed by atoms with Crippen molar-refractivity contribution >= 4 is 0 Å². The van der Waals surface area contributed by atoms with Crippen molar-refractivity contribution in [3.63, 3.8) is 0 Å². The van der Waals surface area contributed by atoms with E-state index in [1.54, 1.807) is 7.11 Å². The molecule has 0 fully saturated rings. The molecule has 4 heteroatoms. The van der Waals surface area contributed by atoms with E-state index in [2.05, 4.69) is 19.2 Å². The summed E-state index contributed by atoms with van der Waals surface area (Å²) >= 11 is 0. The molecule has 0 bridgehead atoms. The molecule has 0 amide bonds. The summed E-state index contributed by atoms with van der Waals surface area (Å²) in [4.78, 5) is 0. The van der Waals surface area contributed by atoms with Gasteiger partial charge in [-0.25, -0.2) is 0 Å². The van der Waals surface area contributed by atoms with E-state index in [1.807, 2.05) is 0 Å². The van der Waals surface area contributed by atoms with E-state index in [1.165, 1.54) is 0 Å². The van der Waals surface area contributed by atoms with Gasteiger partial charge in [0.2, 0.25) is 0 Å². The van der Waals surface area contributed by atoms with Gasteiger partial charge < -0.3 is 20.5 Å². The molecule has 0 saturated heterocycles. The van der Waals surface area contributed by atoms with Gasteiger partial charge in [0.15, 0.2) is 0 Å². The van der Waals surface area contributed by atoms with Crippen molar-refractivity contribution in [2.24, 2.45) is 17.6 Å². The molecule has 0 aliphatic rings. The predicted molar refractivity (Wildman–Crippen MR) is 67.6 cm³/mol. The summed E-state index contributed by atoms with van der Waals surface area (Å²) in [6.45, 7) is 9.35. The highest BCUT2D eigenvalue weighted by atomic mass is 16.5. The lowest BCUT2D eigenvalue weighted by molar-refractivity contribution is 0.0694. The molecule has 0 spiro atoms. The maximum Gasteiger partial charge on any atom is 0.0700 e. The molecule has 0 radical (unpaired) electrons.